The molecule has 1 aromatic carbocycles. The highest BCUT2D eigenvalue weighted by Crippen LogP contribution is 2.36. The molecule has 4 heterocycles. The van der Waals surface area contributed by atoms with Crippen molar-refractivity contribution in [2.24, 2.45) is 0 Å². The summed E-state index contributed by atoms with van der Waals surface area (Å²) < 4.78 is 19.1. The average Bonchev–Trinajstić information content (AvgIpc) is 3.52. The lowest BCUT2D eigenvalue weighted by Gasteiger charge is -2.32. The van der Waals surface area contributed by atoms with E-state index < -0.39 is 5.60 Å². The normalized spacial score (nSPS) is 15.8. The van der Waals surface area contributed by atoms with Crippen LogP contribution < -0.4 is 14.8 Å². The maximum Gasteiger partial charge on any atom is 0.410 e. The molecule has 3 aromatic rings. The fourth-order valence-electron chi connectivity index (χ4n) is 4.54. The number of aromatic nitrogens is 2. The quantitative estimate of drug-likeness (QED) is 0.424. The first-order chi connectivity index (χ1) is 18.2. The summed E-state index contributed by atoms with van der Waals surface area (Å²) in [6, 6.07) is 11.0. The minimum atomic E-state index is -0.536. The third-order valence-electron chi connectivity index (χ3n) is 6.35. The third kappa shape index (κ3) is 5.91. The Balaban J connectivity index is 1.38. The van der Waals surface area contributed by atoms with Gasteiger partial charge in [-0.2, -0.15) is 9.78 Å². The number of fused-ring (bicyclic) bond motifs is 1. The number of likely N-dealkylation sites (tertiary alicyclic amines) is 1. The number of nitrogens with zero attached hydrogens (tertiary/aromatic N) is 3. The van der Waals surface area contributed by atoms with E-state index in [9.17, 15) is 9.59 Å². The molecule has 1 saturated heterocycles. The number of carbonyl (C=O) groups excluding carboxylic acids is 2. The average molecular weight is 559 g/mol. The van der Waals surface area contributed by atoms with Gasteiger partial charge < -0.3 is 24.4 Å². The van der Waals surface area contributed by atoms with Crippen LogP contribution in [-0.2, 0) is 11.3 Å². The van der Waals surface area contributed by atoms with Crippen LogP contribution in [0.2, 0.25) is 4.34 Å². The summed E-state index contributed by atoms with van der Waals surface area (Å²) in [7, 11) is 0. The van der Waals surface area contributed by atoms with Crippen molar-refractivity contribution in [3.05, 3.63) is 56.9 Å². The molecule has 5 rings (SSSR count). The Morgan fingerprint density at radius 1 is 1.16 bits per heavy atom. The molecule has 38 heavy (non-hydrogen) atoms. The molecule has 202 valence electrons. The second-order valence-corrected chi connectivity index (χ2v) is 12.1. The van der Waals surface area contributed by atoms with E-state index in [4.69, 9.17) is 30.9 Å². The molecular formula is C27H31ClN4O5S. The molecule has 0 radical (unpaired) electrons. The molecule has 0 saturated carbocycles. The molecule has 0 aliphatic carbocycles. The Bertz CT molecular complexity index is 1320. The van der Waals surface area contributed by atoms with Gasteiger partial charge in [-0.3, -0.25) is 4.79 Å². The van der Waals surface area contributed by atoms with Gasteiger partial charge in [0.15, 0.2) is 11.5 Å². The number of piperidine rings is 1. The molecule has 0 unspecified atom stereocenters. The highest BCUT2D eigenvalue weighted by molar-refractivity contribution is 7.16. The summed E-state index contributed by atoms with van der Waals surface area (Å²) in [5.41, 5.74) is 0.654. The summed E-state index contributed by atoms with van der Waals surface area (Å²) >= 11 is 7.58. The number of benzene rings is 1. The minimum Gasteiger partial charge on any atom is -0.486 e. The summed E-state index contributed by atoms with van der Waals surface area (Å²) in [5, 5.41) is 8.12. The fraction of sp³-hybridized carbons (Fsp3) is 0.444. The van der Waals surface area contributed by atoms with Crippen molar-refractivity contribution in [1.29, 1.82) is 0 Å². The van der Waals surface area contributed by atoms with Gasteiger partial charge in [-0.05, 0) is 57.9 Å². The summed E-state index contributed by atoms with van der Waals surface area (Å²) in [6.45, 7) is 8.03. The molecule has 0 bridgehead atoms. The van der Waals surface area contributed by atoms with Crippen molar-refractivity contribution in [3.63, 3.8) is 0 Å². The topological polar surface area (TPSA) is 94.9 Å². The van der Waals surface area contributed by atoms with E-state index in [2.05, 4.69) is 5.32 Å². The van der Waals surface area contributed by atoms with E-state index in [1.54, 1.807) is 23.1 Å². The number of hydrogen-bond acceptors (Lipinski definition) is 8. The van der Waals surface area contributed by atoms with Crippen molar-refractivity contribution in [2.75, 3.05) is 31.6 Å². The largest absolute Gasteiger partial charge is 0.486 e. The second-order valence-electron chi connectivity index (χ2n) is 10.3. The first-order valence-corrected chi connectivity index (χ1v) is 13.9. The molecule has 0 spiro atoms. The molecular weight excluding hydrogens is 528 g/mol. The standard InChI is InChI=1S/C27H31ClN4O5S/c1-27(2,3)37-26(34)31-11-9-17(10-12-31)20-15-23(29-16-18-7-8-22(28)38-18)32(30-20)25(33)19-5-4-6-21-24(19)36-14-13-35-21/h4-8,15,17,29H,9-14,16H2,1-3H3. The molecule has 1 fully saturated rings. The van der Waals surface area contributed by atoms with Crippen LogP contribution >= 0.6 is 22.9 Å². The zero-order chi connectivity index (χ0) is 26.9. The lowest BCUT2D eigenvalue weighted by atomic mass is 9.94. The van der Waals surface area contributed by atoms with Crippen LogP contribution in [0.3, 0.4) is 0 Å². The molecule has 2 aliphatic rings. The Morgan fingerprint density at radius 2 is 1.92 bits per heavy atom. The van der Waals surface area contributed by atoms with E-state index in [0.29, 0.717) is 60.1 Å². The maximum atomic E-state index is 13.8. The van der Waals surface area contributed by atoms with Crippen LogP contribution in [0.1, 0.15) is 60.5 Å². The van der Waals surface area contributed by atoms with E-state index in [0.717, 1.165) is 23.4 Å². The predicted octanol–water partition coefficient (Wildman–Crippen LogP) is 5.78. The summed E-state index contributed by atoms with van der Waals surface area (Å²) in [5.74, 6) is 1.35. The number of amides is 1. The van der Waals surface area contributed by atoms with Gasteiger partial charge in [-0.15, -0.1) is 11.3 Å². The number of carbonyl (C=O) groups is 2. The monoisotopic (exact) mass is 558 g/mol. The van der Waals surface area contributed by atoms with Gasteiger partial charge in [0.1, 0.15) is 24.6 Å². The summed E-state index contributed by atoms with van der Waals surface area (Å²) in [4.78, 5) is 29.0. The third-order valence-corrected chi connectivity index (χ3v) is 7.59. The fourth-order valence-corrected chi connectivity index (χ4v) is 5.57. The van der Waals surface area contributed by atoms with Crippen LogP contribution in [0.4, 0.5) is 10.6 Å². The van der Waals surface area contributed by atoms with Crippen molar-refractivity contribution in [1.82, 2.24) is 14.7 Å². The maximum absolute atomic E-state index is 13.8. The van der Waals surface area contributed by atoms with E-state index >= 15 is 0 Å². The van der Waals surface area contributed by atoms with Crippen molar-refractivity contribution < 1.29 is 23.8 Å². The molecule has 9 nitrogen and oxygen atoms in total. The van der Waals surface area contributed by atoms with Crippen molar-refractivity contribution in [3.8, 4) is 11.5 Å². The Morgan fingerprint density at radius 3 is 2.63 bits per heavy atom. The highest BCUT2D eigenvalue weighted by atomic mass is 35.5. The summed E-state index contributed by atoms with van der Waals surface area (Å²) in [6.07, 6.45) is 1.15. The predicted molar refractivity (Wildman–Crippen MR) is 146 cm³/mol. The Kier molecular flexibility index (Phi) is 7.54. The molecule has 0 atom stereocenters. The van der Waals surface area contributed by atoms with Crippen molar-refractivity contribution >= 4 is 40.8 Å². The number of thiophene rings is 1. The highest BCUT2D eigenvalue weighted by Gasteiger charge is 2.30. The first-order valence-electron chi connectivity index (χ1n) is 12.7. The number of rotatable bonds is 5. The second kappa shape index (κ2) is 10.9. The minimum absolute atomic E-state index is 0.101. The van der Waals surface area contributed by atoms with Gasteiger partial charge in [0.2, 0.25) is 0 Å². The first kappa shape index (κ1) is 26.4. The SMILES string of the molecule is CC(C)(C)OC(=O)N1CCC(c2cc(NCc3ccc(Cl)s3)n(C(=O)c3cccc4c3OCCO4)n2)CC1. The smallest absolute Gasteiger partial charge is 0.410 e. The molecule has 1 amide bonds. The number of halogens is 1. The number of anilines is 1. The Labute approximate surface area is 230 Å². The number of ether oxygens (including phenoxy) is 3. The van der Waals surface area contributed by atoms with E-state index in [1.807, 2.05) is 39.0 Å². The Hall–Kier alpha value is -3.24. The van der Waals surface area contributed by atoms with Gasteiger partial charge in [0.05, 0.1) is 22.1 Å². The molecule has 11 heteroatoms. The van der Waals surface area contributed by atoms with Crippen LogP contribution in [0, 0.1) is 0 Å². The lowest BCUT2D eigenvalue weighted by Crippen LogP contribution is -2.41. The van der Waals surface area contributed by atoms with Crippen LogP contribution in [0.25, 0.3) is 0 Å². The lowest BCUT2D eigenvalue weighted by molar-refractivity contribution is 0.0204. The molecule has 2 aliphatic heterocycles. The van der Waals surface area contributed by atoms with Crippen molar-refractivity contribution in [2.45, 2.75) is 51.7 Å². The zero-order valence-electron chi connectivity index (χ0n) is 21.7. The van der Waals surface area contributed by atoms with E-state index in [1.165, 1.54) is 16.0 Å². The van der Waals surface area contributed by atoms with Crippen LogP contribution in [0.15, 0.2) is 36.4 Å². The number of nitrogens with one attached hydrogen (secondary N) is 1. The van der Waals surface area contributed by atoms with Gasteiger partial charge in [-0.1, -0.05) is 17.7 Å². The van der Waals surface area contributed by atoms with Gasteiger partial charge in [0.25, 0.3) is 5.91 Å². The van der Waals surface area contributed by atoms with Crippen LogP contribution in [0.5, 0.6) is 11.5 Å². The van der Waals surface area contributed by atoms with Gasteiger partial charge in [-0.25, -0.2) is 4.79 Å². The molecule has 2 aromatic heterocycles. The number of para-hydroxylation sites is 1. The van der Waals surface area contributed by atoms with Crippen LogP contribution in [-0.4, -0.2) is 58.6 Å². The van der Waals surface area contributed by atoms with Gasteiger partial charge in [0, 0.05) is 30.0 Å². The van der Waals surface area contributed by atoms with Gasteiger partial charge >= 0.3 is 6.09 Å². The molecule has 1 N–H and O–H groups in total. The zero-order valence-corrected chi connectivity index (χ0v) is 23.2. The van der Waals surface area contributed by atoms with E-state index in [-0.39, 0.29) is 17.9 Å². The number of hydrogen-bond donors (Lipinski definition) is 1.